The molecule has 0 aliphatic heterocycles. The van der Waals surface area contributed by atoms with Crippen molar-refractivity contribution in [3.63, 3.8) is 0 Å². The minimum absolute atomic E-state index is 0.572. The fraction of sp³-hybridized carbons (Fsp3) is 0.400. The molecule has 2 aromatic rings. The molecule has 118 valence electrons. The maximum atomic E-state index is 5.91. The minimum Gasteiger partial charge on any atom is -0.489 e. The van der Waals surface area contributed by atoms with Crippen molar-refractivity contribution in [2.24, 2.45) is 5.92 Å². The molecular formula is C20H27NO. The number of hydrogen-bond acceptors (Lipinski definition) is 2. The maximum absolute atomic E-state index is 5.91. The smallest absolute Gasteiger partial charge is 0.124 e. The van der Waals surface area contributed by atoms with Crippen molar-refractivity contribution in [2.45, 2.75) is 46.6 Å². The number of anilines is 1. The average Bonchev–Trinajstić information content (AvgIpc) is 2.50. The molecule has 0 saturated carbocycles. The van der Waals surface area contributed by atoms with Gasteiger partial charge in [-0.3, -0.25) is 0 Å². The van der Waals surface area contributed by atoms with E-state index in [1.54, 1.807) is 0 Å². The Morgan fingerprint density at radius 3 is 2.32 bits per heavy atom. The molecule has 0 heterocycles. The summed E-state index contributed by atoms with van der Waals surface area (Å²) in [6, 6.07) is 14.6. The van der Waals surface area contributed by atoms with E-state index in [0.717, 1.165) is 17.0 Å². The molecule has 2 rings (SSSR count). The van der Waals surface area contributed by atoms with E-state index in [4.69, 9.17) is 10.5 Å². The summed E-state index contributed by atoms with van der Waals surface area (Å²) in [6.45, 7) is 9.39. The third-order valence-electron chi connectivity index (χ3n) is 4.37. The standard InChI is InChI=1S/C20H27NO/c1-5-18(14(2)3)17-11-9-16(10-12-17)13-22-20-8-6-7-19(21)15(20)4/h6-12,14,18H,5,13,21H2,1-4H3. The molecule has 2 aromatic carbocycles. The van der Waals surface area contributed by atoms with Crippen LogP contribution in [0.15, 0.2) is 42.5 Å². The summed E-state index contributed by atoms with van der Waals surface area (Å²) >= 11 is 0. The van der Waals surface area contributed by atoms with Crippen LogP contribution in [0.2, 0.25) is 0 Å². The first-order chi connectivity index (χ1) is 10.5. The topological polar surface area (TPSA) is 35.2 Å². The number of nitrogen functional groups attached to an aromatic ring is 1. The Bertz CT molecular complexity index is 602. The Morgan fingerprint density at radius 2 is 1.73 bits per heavy atom. The van der Waals surface area contributed by atoms with Crippen molar-refractivity contribution in [1.82, 2.24) is 0 Å². The number of nitrogens with two attached hydrogens (primary N) is 1. The van der Waals surface area contributed by atoms with Crippen LogP contribution in [0.25, 0.3) is 0 Å². The van der Waals surface area contributed by atoms with Crippen LogP contribution in [0.1, 0.15) is 49.8 Å². The Balaban J connectivity index is 2.04. The Kier molecular flexibility index (Phi) is 5.48. The van der Waals surface area contributed by atoms with Gasteiger partial charge in [-0.2, -0.15) is 0 Å². The van der Waals surface area contributed by atoms with Crippen molar-refractivity contribution < 1.29 is 4.74 Å². The maximum Gasteiger partial charge on any atom is 0.124 e. The van der Waals surface area contributed by atoms with Crippen LogP contribution < -0.4 is 10.5 Å². The molecule has 0 radical (unpaired) electrons. The van der Waals surface area contributed by atoms with Crippen LogP contribution in [0, 0.1) is 12.8 Å². The third kappa shape index (κ3) is 3.82. The molecule has 2 N–H and O–H groups in total. The molecule has 0 bridgehead atoms. The van der Waals surface area contributed by atoms with Gasteiger partial charge in [-0.1, -0.05) is 51.1 Å². The summed E-state index contributed by atoms with van der Waals surface area (Å²) in [5.41, 5.74) is 10.3. The summed E-state index contributed by atoms with van der Waals surface area (Å²) in [5, 5.41) is 0. The second kappa shape index (κ2) is 7.35. The highest BCUT2D eigenvalue weighted by molar-refractivity contribution is 5.53. The number of rotatable bonds is 6. The van der Waals surface area contributed by atoms with Gasteiger partial charge in [0.2, 0.25) is 0 Å². The van der Waals surface area contributed by atoms with Crippen LogP contribution in [-0.2, 0) is 6.61 Å². The summed E-state index contributed by atoms with van der Waals surface area (Å²) in [7, 11) is 0. The van der Waals surface area contributed by atoms with Gasteiger partial charge in [-0.25, -0.2) is 0 Å². The summed E-state index contributed by atoms with van der Waals surface area (Å²) in [5.74, 6) is 2.16. The van der Waals surface area contributed by atoms with E-state index in [1.165, 1.54) is 17.5 Å². The molecule has 1 atom stereocenters. The lowest BCUT2D eigenvalue weighted by Gasteiger charge is -2.19. The summed E-state index contributed by atoms with van der Waals surface area (Å²) in [4.78, 5) is 0. The molecule has 0 amide bonds. The lowest BCUT2D eigenvalue weighted by molar-refractivity contribution is 0.304. The van der Waals surface area contributed by atoms with E-state index in [0.29, 0.717) is 18.4 Å². The largest absolute Gasteiger partial charge is 0.489 e. The number of ether oxygens (including phenoxy) is 1. The first-order valence-electron chi connectivity index (χ1n) is 8.09. The van der Waals surface area contributed by atoms with Crippen molar-refractivity contribution in [3.8, 4) is 5.75 Å². The van der Waals surface area contributed by atoms with Crippen molar-refractivity contribution in [1.29, 1.82) is 0 Å². The van der Waals surface area contributed by atoms with Crippen LogP contribution in [0.4, 0.5) is 5.69 Å². The molecular weight excluding hydrogens is 270 g/mol. The van der Waals surface area contributed by atoms with Crippen LogP contribution in [-0.4, -0.2) is 0 Å². The van der Waals surface area contributed by atoms with E-state index in [-0.39, 0.29) is 0 Å². The molecule has 0 aliphatic carbocycles. The molecule has 0 aromatic heterocycles. The van der Waals surface area contributed by atoms with Gasteiger partial charge in [0.15, 0.2) is 0 Å². The minimum atomic E-state index is 0.572. The zero-order valence-corrected chi connectivity index (χ0v) is 14.1. The first kappa shape index (κ1) is 16.4. The molecule has 0 spiro atoms. The van der Waals surface area contributed by atoms with Crippen LogP contribution >= 0.6 is 0 Å². The Morgan fingerprint density at radius 1 is 1.05 bits per heavy atom. The van der Waals surface area contributed by atoms with Crippen LogP contribution in [0.5, 0.6) is 5.75 Å². The SMILES string of the molecule is CCC(c1ccc(COc2cccc(N)c2C)cc1)C(C)C. The predicted molar refractivity (Wildman–Crippen MR) is 94.2 cm³/mol. The molecule has 2 heteroatoms. The van der Waals surface area contributed by atoms with Gasteiger partial charge in [0.25, 0.3) is 0 Å². The van der Waals surface area contributed by atoms with Crippen molar-refractivity contribution in [3.05, 3.63) is 59.2 Å². The van der Waals surface area contributed by atoms with Gasteiger partial charge < -0.3 is 10.5 Å². The molecule has 22 heavy (non-hydrogen) atoms. The average molecular weight is 297 g/mol. The lowest BCUT2D eigenvalue weighted by atomic mass is 9.86. The summed E-state index contributed by atoms with van der Waals surface area (Å²) in [6.07, 6.45) is 1.18. The highest BCUT2D eigenvalue weighted by Crippen LogP contribution is 2.28. The first-order valence-corrected chi connectivity index (χ1v) is 8.09. The van der Waals surface area contributed by atoms with Gasteiger partial charge in [0.1, 0.15) is 12.4 Å². The summed E-state index contributed by atoms with van der Waals surface area (Å²) < 4.78 is 5.90. The zero-order chi connectivity index (χ0) is 16.1. The quantitative estimate of drug-likeness (QED) is 0.734. The van der Waals surface area contributed by atoms with Crippen molar-refractivity contribution in [2.75, 3.05) is 5.73 Å². The number of hydrogen-bond donors (Lipinski definition) is 1. The molecule has 0 saturated heterocycles. The Hall–Kier alpha value is -1.96. The molecule has 0 fully saturated rings. The molecule has 2 nitrogen and oxygen atoms in total. The Labute approximate surface area is 134 Å². The normalized spacial score (nSPS) is 12.4. The lowest BCUT2D eigenvalue weighted by Crippen LogP contribution is -2.06. The van der Waals surface area contributed by atoms with Crippen molar-refractivity contribution >= 4 is 5.69 Å². The fourth-order valence-electron chi connectivity index (χ4n) is 2.90. The highest BCUT2D eigenvalue weighted by Gasteiger charge is 2.13. The number of benzene rings is 2. The van der Waals surface area contributed by atoms with E-state index in [9.17, 15) is 0 Å². The second-order valence-electron chi connectivity index (χ2n) is 6.26. The van der Waals surface area contributed by atoms with Gasteiger partial charge >= 0.3 is 0 Å². The highest BCUT2D eigenvalue weighted by atomic mass is 16.5. The third-order valence-corrected chi connectivity index (χ3v) is 4.37. The second-order valence-corrected chi connectivity index (χ2v) is 6.26. The molecule has 1 unspecified atom stereocenters. The van der Waals surface area contributed by atoms with Gasteiger partial charge in [0, 0.05) is 11.3 Å². The van der Waals surface area contributed by atoms with Crippen LogP contribution in [0.3, 0.4) is 0 Å². The zero-order valence-electron chi connectivity index (χ0n) is 14.1. The fourth-order valence-corrected chi connectivity index (χ4v) is 2.90. The van der Waals surface area contributed by atoms with E-state index in [2.05, 4.69) is 45.0 Å². The van der Waals surface area contributed by atoms with E-state index >= 15 is 0 Å². The van der Waals surface area contributed by atoms with Gasteiger partial charge in [-0.05, 0) is 48.4 Å². The molecule has 0 aliphatic rings. The van der Waals surface area contributed by atoms with Gasteiger partial charge in [-0.15, -0.1) is 0 Å². The van der Waals surface area contributed by atoms with Gasteiger partial charge in [0.05, 0.1) is 0 Å². The van der Waals surface area contributed by atoms with E-state index in [1.807, 2.05) is 25.1 Å². The van der Waals surface area contributed by atoms with E-state index < -0.39 is 0 Å². The monoisotopic (exact) mass is 297 g/mol. The predicted octanol–water partition coefficient (Wildman–Crippen LogP) is 5.31.